The second-order valence-corrected chi connectivity index (χ2v) is 5.01. The molecule has 0 aliphatic carbocycles. The first kappa shape index (κ1) is 12.7. The molecule has 0 saturated heterocycles. The molecule has 6 nitrogen and oxygen atoms in total. The summed E-state index contributed by atoms with van der Waals surface area (Å²) in [6.45, 7) is 1.95. The van der Waals surface area contributed by atoms with Crippen molar-refractivity contribution in [1.29, 1.82) is 0 Å². The smallest absolute Gasteiger partial charge is 0.185 e. The Labute approximate surface area is 126 Å². The van der Waals surface area contributed by atoms with Crippen molar-refractivity contribution >= 4 is 16.6 Å². The first-order valence-electron chi connectivity index (χ1n) is 6.87. The van der Waals surface area contributed by atoms with Crippen LogP contribution < -0.4 is 4.74 Å². The summed E-state index contributed by atoms with van der Waals surface area (Å²) in [7, 11) is 1.65. The molecule has 3 aromatic heterocycles. The summed E-state index contributed by atoms with van der Waals surface area (Å²) in [6.07, 6.45) is 3.37. The highest BCUT2D eigenvalue weighted by Crippen LogP contribution is 2.34. The number of ether oxygens (including phenoxy) is 1. The molecule has 0 N–H and O–H groups in total. The second-order valence-electron chi connectivity index (χ2n) is 5.01. The Morgan fingerprint density at radius 1 is 1.14 bits per heavy atom. The van der Waals surface area contributed by atoms with Crippen LogP contribution in [0.15, 0.2) is 42.9 Å². The molecule has 4 rings (SSSR count). The van der Waals surface area contributed by atoms with Crippen molar-refractivity contribution < 1.29 is 4.74 Å². The molecule has 0 amide bonds. The van der Waals surface area contributed by atoms with Crippen LogP contribution in [0, 0.1) is 6.92 Å². The van der Waals surface area contributed by atoms with Gasteiger partial charge in [-0.3, -0.25) is 4.98 Å². The molecule has 4 aromatic rings. The van der Waals surface area contributed by atoms with Gasteiger partial charge in [0.25, 0.3) is 0 Å². The number of pyridine rings is 1. The van der Waals surface area contributed by atoms with Crippen molar-refractivity contribution in [2.45, 2.75) is 6.92 Å². The standard InChI is InChI=1S/C16H13N5O/c1-10-8-13(16-19-18-9-21(16)20-10)11-5-6-14(22-2)15-12(11)4-3-7-17-15/h3-9H,1-2H3. The monoisotopic (exact) mass is 291 g/mol. The lowest BCUT2D eigenvalue weighted by Gasteiger charge is -2.10. The average Bonchev–Trinajstić information content (AvgIpc) is 3.01. The molecule has 0 aliphatic heterocycles. The third kappa shape index (κ3) is 1.81. The Morgan fingerprint density at radius 3 is 2.91 bits per heavy atom. The highest BCUT2D eigenvalue weighted by atomic mass is 16.5. The van der Waals surface area contributed by atoms with E-state index in [2.05, 4.69) is 20.3 Å². The zero-order chi connectivity index (χ0) is 15.1. The molecule has 6 heteroatoms. The number of methoxy groups -OCH3 is 1. The van der Waals surface area contributed by atoms with Gasteiger partial charge in [0.15, 0.2) is 5.65 Å². The maximum atomic E-state index is 5.41. The molecular weight excluding hydrogens is 278 g/mol. The predicted molar refractivity (Wildman–Crippen MR) is 82.8 cm³/mol. The summed E-state index contributed by atoms with van der Waals surface area (Å²) < 4.78 is 7.10. The van der Waals surface area contributed by atoms with Crippen molar-refractivity contribution in [1.82, 2.24) is 24.8 Å². The Hall–Kier alpha value is -3.02. The minimum Gasteiger partial charge on any atom is -0.494 e. The maximum absolute atomic E-state index is 5.41. The van der Waals surface area contributed by atoms with E-state index in [9.17, 15) is 0 Å². The number of hydrogen-bond donors (Lipinski definition) is 0. The zero-order valence-electron chi connectivity index (χ0n) is 12.2. The van der Waals surface area contributed by atoms with Gasteiger partial charge >= 0.3 is 0 Å². The molecule has 0 aliphatic rings. The molecule has 0 atom stereocenters. The van der Waals surface area contributed by atoms with Gasteiger partial charge in [-0.05, 0) is 36.8 Å². The van der Waals surface area contributed by atoms with E-state index in [1.807, 2.05) is 37.3 Å². The van der Waals surface area contributed by atoms with E-state index in [1.54, 1.807) is 24.1 Å². The lowest BCUT2D eigenvalue weighted by Crippen LogP contribution is -1.97. The number of hydrogen-bond acceptors (Lipinski definition) is 5. The van der Waals surface area contributed by atoms with Crippen LogP contribution in [0.4, 0.5) is 0 Å². The number of aromatic nitrogens is 5. The highest BCUT2D eigenvalue weighted by molar-refractivity contribution is 6.00. The van der Waals surface area contributed by atoms with Gasteiger partial charge in [-0.1, -0.05) is 6.07 Å². The third-order valence-electron chi connectivity index (χ3n) is 3.63. The number of benzene rings is 1. The van der Waals surface area contributed by atoms with Crippen LogP contribution in [0.3, 0.4) is 0 Å². The Kier molecular flexibility index (Phi) is 2.75. The fourth-order valence-electron chi connectivity index (χ4n) is 2.70. The van der Waals surface area contributed by atoms with E-state index in [-0.39, 0.29) is 0 Å². The summed E-state index contributed by atoms with van der Waals surface area (Å²) >= 11 is 0. The maximum Gasteiger partial charge on any atom is 0.185 e. The van der Waals surface area contributed by atoms with Gasteiger partial charge in [0, 0.05) is 17.1 Å². The fourth-order valence-corrected chi connectivity index (χ4v) is 2.70. The predicted octanol–water partition coefficient (Wildman–Crippen LogP) is 2.66. The highest BCUT2D eigenvalue weighted by Gasteiger charge is 2.14. The first-order chi connectivity index (χ1) is 10.8. The first-order valence-corrected chi connectivity index (χ1v) is 6.87. The SMILES string of the molecule is COc1ccc(-c2cc(C)nn3cnnc23)c2cccnc12. The zero-order valence-corrected chi connectivity index (χ0v) is 12.2. The van der Waals surface area contributed by atoms with Crippen molar-refractivity contribution in [3.05, 3.63) is 48.5 Å². The van der Waals surface area contributed by atoms with E-state index < -0.39 is 0 Å². The van der Waals surface area contributed by atoms with Gasteiger partial charge in [-0.15, -0.1) is 10.2 Å². The summed E-state index contributed by atoms with van der Waals surface area (Å²) in [6, 6.07) is 9.90. The second kappa shape index (κ2) is 4.77. The number of nitrogens with zero attached hydrogens (tertiary/aromatic N) is 5. The Morgan fingerprint density at radius 2 is 2.05 bits per heavy atom. The van der Waals surface area contributed by atoms with Crippen LogP contribution in [0.5, 0.6) is 5.75 Å². The van der Waals surface area contributed by atoms with Crippen molar-refractivity contribution in [3.8, 4) is 16.9 Å². The lowest BCUT2D eigenvalue weighted by atomic mass is 10.0. The molecule has 22 heavy (non-hydrogen) atoms. The molecule has 0 unspecified atom stereocenters. The van der Waals surface area contributed by atoms with Crippen LogP contribution in [0.1, 0.15) is 5.69 Å². The molecule has 108 valence electrons. The van der Waals surface area contributed by atoms with Gasteiger partial charge in [0.2, 0.25) is 0 Å². The summed E-state index contributed by atoms with van der Waals surface area (Å²) in [5, 5.41) is 13.5. The van der Waals surface area contributed by atoms with E-state index >= 15 is 0 Å². The molecule has 0 fully saturated rings. The minimum atomic E-state index is 0.723. The van der Waals surface area contributed by atoms with Gasteiger partial charge in [-0.2, -0.15) is 9.61 Å². The molecule has 0 bridgehead atoms. The molecular formula is C16H13N5O. The van der Waals surface area contributed by atoms with Gasteiger partial charge in [0.1, 0.15) is 17.6 Å². The van der Waals surface area contributed by atoms with E-state index in [1.165, 1.54) is 0 Å². The van der Waals surface area contributed by atoms with E-state index in [0.29, 0.717) is 0 Å². The third-order valence-corrected chi connectivity index (χ3v) is 3.63. The van der Waals surface area contributed by atoms with Gasteiger partial charge in [0.05, 0.1) is 12.8 Å². The molecule has 0 spiro atoms. The Balaban J connectivity index is 2.11. The number of rotatable bonds is 2. The molecule has 0 radical (unpaired) electrons. The number of aryl methyl sites for hydroxylation is 1. The van der Waals surface area contributed by atoms with Crippen LogP contribution in [-0.4, -0.2) is 31.9 Å². The van der Waals surface area contributed by atoms with Crippen molar-refractivity contribution in [2.75, 3.05) is 7.11 Å². The largest absolute Gasteiger partial charge is 0.494 e. The molecule has 3 heterocycles. The van der Waals surface area contributed by atoms with Crippen LogP contribution >= 0.6 is 0 Å². The van der Waals surface area contributed by atoms with E-state index in [0.717, 1.165) is 39.1 Å². The average molecular weight is 291 g/mol. The van der Waals surface area contributed by atoms with Gasteiger partial charge < -0.3 is 4.74 Å². The summed E-state index contributed by atoms with van der Waals surface area (Å²) in [5.74, 6) is 0.752. The van der Waals surface area contributed by atoms with Crippen LogP contribution in [0.25, 0.3) is 27.7 Å². The van der Waals surface area contributed by atoms with Gasteiger partial charge in [-0.25, -0.2) is 0 Å². The minimum absolute atomic E-state index is 0.723. The Bertz CT molecular complexity index is 992. The van der Waals surface area contributed by atoms with E-state index in [4.69, 9.17) is 4.74 Å². The molecule has 1 aromatic carbocycles. The molecule has 0 saturated carbocycles. The number of fused-ring (bicyclic) bond motifs is 2. The van der Waals surface area contributed by atoms with Crippen LogP contribution in [0.2, 0.25) is 0 Å². The summed E-state index contributed by atoms with van der Waals surface area (Å²) in [4.78, 5) is 4.44. The summed E-state index contributed by atoms with van der Waals surface area (Å²) in [5.41, 5.74) is 4.46. The van der Waals surface area contributed by atoms with Crippen LogP contribution in [-0.2, 0) is 0 Å². The van der Waals surface area contributed by atoms with Crippen molar-refractivity contribution in [2.24, 2.45) is 0 Å². The normalized spacial score (nSPS) is 11.2. The fraction of sp³-hybridized carbons (Fsp3) is 0.125. The van der Waals surface area contributed by atoms with Crippen molar-refractivity contribution in [3.63, 3.8) is 0 Å². The topological polar surface area (TPSA) is 65.2 Å². The lowest BCUT2D eigenvalue weighted by molar-refractivity contribution is 0.419. The quantitative estimate of drug-likeness (QED) is 0.568.